The lowest BCUT2D eigenvalue weighted by molar-refractivity contribution is -0.137. The molecule has 19 heavy (non-hydrogen) atoms. The quantitative estimate of drug-likeness (QED) is 0.876. The summed E-state index contributed by atoms with van der Waals surface area (Å²) < 4.78 is 37.4. The van der Waals surface area contributed by atoms with E-state index in [0.29, 0.717) is 18.7 Å². The predicted molar refractivity (Wildman–Crippen MR) is 62.7 cm³/mol. The van der Waals surface area contributed by atoms with Gasteiger partial charge in [0.1, 0.15) is 0 Å². The summed E-state index contributed by atoms with van der Waals surface area (Å²) in [6.07, 6.45) is -4.12. The normalized spacial score (nSPS) is 20.6. The first-order valence-electron chi connectivity index (χ1n) is 5.85. The molecule has 1 fully saturated rings. The fourth-order valence-corrected chi connectivity index (χ4v) is 2.11. The smallest absolute Gasteiger partial charge is 0.329 e. The number of carbonyl (C=O) groups excluding carboxylic acids is 1. The minimum absolute atomic E-state index is 0.154. The second-order valence-corrected chi connectivity index (χ2v) is 4.36. The van der Waals surface area contributed by atoms with E-state index in [4.69, 9.17) is 5.73 Å². The zero-order chi connectivity index (χ0) is 14.0. The fraction of sp³-hybridized carbons (Fsp3) is 0.417. The summed E-state index contributed by atoms with van der Waals surface area (Å²) in [6, 6.07) is 4.59. The highest BCUT2D eigenvalue weighted by molar-refractivity contribution is 5.78. The Hall–Kier alpha value is -1.60. The average molecular weight is 273 g/mol. The third-order valence-electron chi connectivity index (χ3n) is 3.02. The van der Waals surface area contributed by atoms with Gasteiger partial charge in [-0.15, -0.1) is 0 Å². The Balaban J connectivity index is 2.19. The van der Waals surface area contributed by atoms with Crippen LogP contribution < -0.4 is 11.2 Å². The van der Waals surface area contributed by atoms with Crippen LogP contribution in [0.15, 0.2) is 24.3 Å². The SMILES string of the molecule is NCCN1NC(=O)CC1c1ccc(C(F)(F)F)cc1. The zero-order valence-electron chi connectivity index (χ0n) is 10.1. The molecule has 1 atom stereocenters. The molecule has 0 aromatic heterocycles. The van der Waals surface area contributed by atoms with Gasteiger partial charge < -0.3 is 5.73 Å². The Morgan fingerprint density at radius 1 is 1.32 bits per heavy atom. The van der Waals surface area contributed by atoms with Gasteiger partial charge in [-0.25, -0.2) is 5.01 Å². The van der Waals surface area contributed by atoms with Gasteiger partial charge in [-0.1, -0.05) is 12.1 Å². The number of amides is 1. The number of rotatable bonds is 3. The summed E-state index contributed by atoms with van der Waals surface area (Å²) >= 11 is 0. The van der Waals surface area contributed by atoms with Crippen LogP contribution in [-0.4, -0.2) is 24.0 Å². The molecular weight excluding hydrogens is 259 g/mol. The maximum atomic E-state index is 12.5. The molecule has 3 N–H and O–H groups in total. The van der Waals surface area contributed by atoms with E-state index in [0.717, 1.165) is 12.1 Å². The number of hydrazine groups is 1. The largest absolute Gasteiger partial charge is 0.416 e. The van der Waals surface area contributed by atoms with Gasteiger partial charge in [-0.2, -0.15) is 13.2 Å². The van der Waals surface area contributed by atoms with Crippen molar-refractivity contribution < 1.29 is 18.0 Å². The van der Waals surface area contributed by atoms with Crippen molar-refractivity contribution in [3.63, 3.8) is 0 Å². The molecule has 2 rings (SSSR count). The van der Waals surface area contributed by atoms with Gasteiger partial charge in [0.15, 0.2) is 0 Å². The van der Waals surface area contributed by atoms with Gasteiger partial charge in [0.05, 0.1) is 11.6 Å². The number of benzene rings is 1. The number of hydrogen-bond acceptors (Lipinski definition) is 3. The third kappa shape index (κ3) is 3.05. The first-order chi connectivity index (χ1) is 8.91. The number of nitrogens with two attached hydrogens (primary N) is 1. The summed E-state index contributed by atoms with van der Waals surface area (Å²) in [7, 11) is 0. The Labute approximate surface area is 108 Å². The minimum Gasteiger partial charge on any atom is -0.329 e. The van der Waals surface area contributed by atoms with E-state index in [2.05, 4.69) is 5.43 Å². The van der Waals surface area contributed by atoms with Crippen molar-refractivity contribution in [2.75, 3.05) is 13.1 Å². The maximum absolute atomic E-state index is 12.5. The standard InChI is InChI=1S/C12H14F3N3O/c13-12(14,15)9-3-1-8(2-4-9)10-7-11(19)17-18(10)6-5-16/h1-4,10H,5-7,16H2,(H,17,19). The van der Waals surface area contributed by atoms with Gasteiger partial charge in [-0.05, 0) is 17.7 Å². The number of hydrogen-bond donors (Lipinski definition) is 2. The first-order valence-corrected chi connectivity index (χ1v) is 5.85. The van der Waals surface area contributed by atoms with Crippen molar-refractivity contribution in [3.8, 4) is 0 Å². The molecule has 104 valence electrons. The summed E-state index contributed by atoms with van der Waals surface area (Å²) in [5.41, 5.74) is 8.04. The highest BCUT2D eigenvalue weighted by Gasteiger charge is 2.33. The number of nitrogens with zero attached hydrogens (tertiary/aromatic N) is 1. The van der Waals surface area contributed by atoms with Crippen LogP contribution >= 0.6 is 0 Å². The number of carbonyl (C=O) groups is 1. The van der Waals surface area contributed by atoms with Crippen LogP contribution in [-0.2, 0) is 11.0 Å². The topological polar surface area (TPSA) is 58.4 Å². The van der Waals surface area contributed by atoms with E-state index in [-0.39, 0.29) is 18.4 Å². The molecule has 1 amide bonds. The Kier molecular flexibility index (Phi) is 3.77. The zero-order valence-corrected chi connectivity index (χ0v) is 10.1. The van der Waals surface area contributed by atoms with E-state index in [1.54, 1.807) is 5.01 Å². The lowest BCUT2D eigenvalue weighted by Gasteiger charge is -2.23. The molecule has 1 aliphatic heterocycles. The molecule has 1 heterocycles. The molecule has 0 saturated carbocycles. The van der Waals surface area contributed by atoms with E-state index in [1.165, 1.54) is 12.1 Å². The van der Waals surface area contributed by atoms with E-state index >= 15 is 0 Å². The summed E-state index contributed by atoms with van der Waals surface area (Å²) in [5.74, 6) is -0.154. The summed E-state index contributed by atoms with van der Waals surface area (Å²) in [6.45, 7) is 0.814. The molecule has 1 saturated heterocycles. The van der Waals surface area contributed by atoms with Crippen molar-refractivity contribution >= 4 is 5.91 Å². The van der Waals surface area contributed by atoms with Crippen LogP contribution in [0.3, 0.4) is 0 Å². The minimum atomic E-state index is -4.35. The molecule has 0 aliphatic carbocycles. The highest BCUT2D eigenvalue weighted by atomic mass is 19.4. The number of halogens is 3. The Bertz CT molecular complexity index is 458. The molecular formula is C12H14F3N3O. The van der Waals surface area contributed by atoms with Gasteiger partial charge in [0.25, 0.3) is 0 Å². The molecule has 1 aliphatic rings. The predicted octanol–water partition coefficient (Wildman–Crippen LogP) is 1.44. The van der Waals surface area contributed by atoms with Gasteiger partial charge in [0, 0.05) is 19.5 Å². The Morgan fingerprint density at radius 2 is 1.95 bits per heavy atom. The van der Waals surface area contributed by atoms with Gasteiger partial charge in [0.2, 0.25) is 5.91 Å². The highest BCUT2D eigenvalue weighted by Crippen LogP contribution is 2.32. The van der Waals surface area contributed by atoms with Crippen LogP contribution in [0.2, 0.25) is 0 Å². The van der Waals surface area contributed by atoms with Crippen LogP contribution in [0, 0.1) is 0 Å². The van der Waals surface area contributed by atoms with Crippen molar-refractivity contribution in [2.24, 2.45) is 5.73 Å². The third-order valence-corrected chi connectivity index (χ3v) is 3.02. The van der Waals surface area contributed by atoms with Crippen molar-refractivity contribution in [2.45, 2.75) is 18.6 Å². The first kappa shape index (κ1) is 13.8. The lowest BCUT2D eigenvalue weighted by atomic mass is 10.0. The molecule has 0 bridgehead atoms. The van der Waals surface area contributed by atoms with E-state index < -0.39 is 11.7 Å². The van der Waals surface area contributed by atoms with Crippen LogP contribution in [0.4, 0.5) is 13.2 Å². The molecule has 7 heteroatoms. The van der Waals surface area contributed by atoms with Gasteiger partial charge in [-0.3, -0.25) is 10.2 Å². The average Bonchev–Trinajstić information content (AvgIpc) is 2.70. The van der Waals surface area contributed by atoms with E-state index in [1.807, 2.05) is 0 Å². The molecule has 1 unspecified atom stereocenters. The second-order valence-electron chi connectivity index (χ2n) is 4.36. The number of alkyl halides is 3. The monoisotopic (exact) mass is 273 g/mol. The second kappa shape index (κ2) is 5.18. The lowest BCUT2D eigenvalue weighted by Crippen LogP contribution is -2.38. The van der Waals surface area contributed by atoms with Crippen LogP contribution in [0.25, 0.3) is 0 Å². The molecule has 0 spiro atoms. The van der Waals surface area contributed by atoms with Crippen molar-refractivity contribution in [3.05, 3.63) is 35.4 Å². The van der Waals surface area contributed by atoms with Crippen LogP contribution in [0.1, 0.15) is 23.6 Å². The molecule has 1 aromatic carbocycles. The Morgan fingerprint density at radius 3 is 2.47 bits per heavy atom. The maximum Gasteiger partial charge on any atom is 0.416 e. The van der Waals surface area contributed by atoms with Crippen molar-refractivity contribution in [1.82, 2.24) is 10.4 Å². The summed E-state index contributed by atoms with van der Waals surface area (Å²) in [5, 5.41) is 1.66. The number of nitrogens with one attached hydrogen (secondary N) is 1. The van der Waals surface area contributed by atoms with Crippen molar-refractivity contribution in [1.29, 1.82) is 0 Å². The fourth-order valence-electron chi connectivity index (χ4n) is 2.11. The van der Waals surface area contributed by atoms with E-state index in [9.17, 15) is 18.0 Å². The summed E-state index contributed by atoms with van der Waals surface area (Å²) in [4.78, 5) is 11.4. The van der Waals surface area contributed by atoms with Gasteiger partial charge >= 0.3 is 6.18 Å². The molecule has 1 aromatic rings. The molecule has 4 nitrogen and oxygen atoms in total. The van der Waals surface area contributed by atoms with Crippen LogP contribution in [0.5, 0.6) is 0 Å². The molecule has 0 radical (unpaired) electrons.